The van der Waals surface area contributed by atoms with Crippen molar-refractivity contribution in [2.75, 3.05) is 0 Å². The molecule has 0 saturated heterocycles. The van der Waals surface area contributed by atoms with Gasteiger partial charge in [-0.1, -0.05) is 12.1 Å². The zero-order valence-electron chi connectivity index (χ0n) is 15.2. The number of hydrogen-bond acceptors (Lipinski definition) is 3. The second-order valence-corrected chi connectivity index (χ2v) is 6.62. The first kappa shape index (κ1) is 19.4. The number of fused-ring (bicyclic) bond motifs is 1. The van der Waals surface area contributed by atoms with Gasteiger partial charge in [0.15, 0.2) is 0 Å². The predicted molar refractivity (Wildman–Crippen MR) is 97.2 cm³/mol. The number of aromatic nitrogens is 2. The van der Waals surface area contributed by atoms with Crippen LogP contribution >= 0.6 is 0 Å². The van der Waals surface area contributed by atoms with Gasteiger partial charge in [0.2, 0.25) is 0 Å². The Kier molecular flexibility index (Phi) is 5.10. The fourth-order valence-corrected chi connectivity index (χ4v) is 3.06. The van der Waals surface area contributed by atoms with Crippen molar-refractivity contribution in [2.24, 2.45) is 0 Å². The van der Waals surface area contributed by atoms with E-state index in [9.17, 15) is 18.0 Å². The predicted octanol–water partition coefficient (Wildman–Crippen LogP) is 3.80. The molecular formula is C20H17F3N4O. The van der Waals surface area contributed by atoms with Crippen LogP contribution in [0.15, 0.2) is 48.7 Å². The average molecular weight is 386 g/mol. The van der Waals surface area contributed by atoms with Gasteiger partial charge in [-0.25, -0.2) is 4.39 Å². The second kappa shape index (κ2) is 7.35. The molecule has 0 bridgehead atoms. The number of rotatable bonds is 5. The number of hydrogen-bond donors (Lipinski definition) is 1. The number of amides is 1. The van der Waals surface area contributed by atoms with Crippen molar-refractivity contribution in [3.8, 4) is 6.07 Å². The summed E-state index contributed by atoms with van der Waals surface area (Å²) >= 11 is 0. The van der Waals surface area contributed by atoms with Crippen molar-refractivity contribution in [1.82, 2.24) is 15.1 Å². The lowest BCUT2D eigenvalue weighted by Crippen LogP contribution is -2.46. The van der Waals surface area contributed by atoms with Gasteiger partial charge in [-0.05, 0) is 42.8 Å². The topological polar surface area (TPSA) is 70.7 Å². The van der Waals surface area contributed by atoms with Gasteiger partial charge in [-0.2, -0.15) is 19.1 Å². The van der Waals surface area contributed by atoms with Gasteiger partial charge in [0.05, 0.1) is 35.4 Å². The number of nitrogens with zero attached hydrogens (tertiary/aromatic N) is 3. The van der Waals surface area contributed by atoms with Crippen molar-refractivity contribution in [3.63, 3.8) is 0 Å². The van der Waals surface area contributed by atoms with Crippen molar-refractivity contribution >= 4 is 16.8 Å². The van der Waals surface area contributed by atoms with Gasteiger partial charge >= 0.3 is 5.92 Å². The molecule has 0 fully saturated rings. The molecule has 0 spiro atoms. The van der Waals surface area contributed by atoms with E-state index in [-0.39, 0.29) is 0 Å². The molecule has 5 nitrogen and oxygen atoms in total. The van der Waals surface area contributed by atoms with Crippen LogP contribution in [0.25, 0.3) is 10.9 Å². The third kappa shape index (κ3) is 3.83. The van der Waals surface area contributed by atoms with E-state index in [1.165, 1.54) is 24.3 Å². The first-order chi connectivity index (χ1) is 13.2. The van der Waals surface area contributed by atoms with E-state index in [0.29, 0.717) is 29.0 Å². The van der Waals surface area contributed by atoms with Crippen LogP contribution in [0, 0.1) is 17.1 Å². The lowest BCUT2D eigenvalue weighted by molar-refractivity contribution is -0.143. The zero-order valence-corrected chi connectivity index (χ0v) is 15.2. The maximum Gasteiger partial charge on any atom is 0.321 e. The summed E-state index contributed by atoms with van der Waals surface area (Å²) in [5.74, 6) is -5.38. The normalized spacial score (nSPS) is 13.7. The number of carbonyl (C=O) groups is 1. The molecule has 1 aromatic heterocycles. The Morgan fingerprint density at radius 3 is 2.54 bits per heavy atom. The van der Waals surface area contributed by atoms with Crippen LogP contribution < -0.4 is 5.32 Å². The third-order valence-corrected chi connectivity index (χ3v) is 4.43. The highest BCUT2D eigenvalue weighted by Crippen LogP contribution is 2.28. The average Bonchev–Trinajstić information content (AvgIpc) is 3.05. The molecule has 0 saturated carbocycles. The van der Waals surface area contributed by atoms with Crippen LogP contribution in [-0.4, -0.2) is 27.7 Å². The SMILES string of the molecule is C[C@H](NC(=O)C(C)(F)F)[C@@H](c1ccc(F)cc1)n1ncc2cc(C#N)ccc21. The molecule has 0 radical (unpaired) electrons. The largest absolute Gasteiger partial charge is 0.346 e. The van der Waals surface area contributed by atoms with Gasteiger partial charge in [0.25, 0.3) is 5.91 Å². The Bertz CT molecular complexity index is 1050. The minimum atomic E-state index is -3.53. The Hall–Kier alpha value is -3.34. The van der Waals surface area contributed by atoms with Crippen molar-refractivity contribution in [3.05, 3.63) is 65.6 Å². The lowest BCUT2D eigenvalue weighted by Gasteiger charge is -2.27. The standard InChI is InChI=1S/C20H17F3N4O/c1-12(26-19(28)20(2,22)23)18(14-4-6-16(21)7-5-14)27-17-8-3-13(10-24)9-15(17)11-25-27/h3-9,11-12,18H,1-2H3,(H,26,28)/t12-,18-/m0/s1. The smallest absolute Gasteiger partial charge is 0.321 e. The maximum atomic E-state index is 13.4. The van der Waals surface area contributed by atoms with Crippen molar-refractivity contribution in [1.29, 1.82) is 5.26 Å². The van der Waals surface area contributed by atoms with E-state index in [4.69, 9.17) is 5.26 Å². The van der Waals surface area contributed by atoms with E-state index in [0.717, 1.165) is 0 Å². The van der Waals surface area contributed by atoms with Crippen LogP contribution in [0.5, 0.6) is 0 Å². The van der Waals surface area contributed by atoms with E-state index in [2.05, 4.69) is 10.4 Å². The second-order valence-electron chi connectivity index (χ2n) is 6.62. The molecule has 8 heteroatoms. The summed E-state index contributed by atoms with van der Waals surface area (Å²) in [5.41, 5.74) is 1.69. The first-order valence-electron chi connectivity index (χ1n) is 8.52. The summed E-state index contributed by atoms with van der Waals surface area (Å²) in [6, 6.07) is 11.1. The number of benzene rings is 2. The molecule has 3 rings (SSSR count). The summed E-state index contributed by atoms with van der Waals surface area (Å²) < 4.78 is 41.7. The fourth-order valence-electron chi connectivity index (χ4n) is 3.06. The molecule has 1 heterocycles. The maximum absolute atomic E-state index is 13.4. The van der Waals surface area contributed by atoms with Crippen LogP contribution in [-0.2, 0) is 4.79 Å². The van der Waals surface area contributed by atoms with Gasteiger partial charge in [0, 0.05) is 12.3 Å². The molecule has 0 aliphatic carbocycles. The number of carbonyl (C=O) groups excluding carboxylic acids is 1. The van der Waals surface area contributed by atoms with Crippen LogP contribution in [0.1, 0.15) is 31.0 Å². The Labute approximate surface area is 159 Å². The molecule has 0 aliphatic rings. The van der Waals surface area contributed by atoms with Gasteiger partial charge < -0.3 is 5.32 Å². The number of nitriles is 1. The fraction of sp³-hybridized carbons (Fsp3) is 0.250. The molecule has 28 heavy (non-hydrogen) atoms. The highest BCUT2D eigenvalue weighted by molar-refractivity contribution is 5.83. The van der Waals surface area contributed by atoms with Gasteiger partial charge in [-0.3, -0.25) is 9.48 Å². The number of halogens is 3. The van der Waals surface area contributed by atoms with Crippen molar-refractivity contribution < 1.29 is 18.0 Å². The monoisotopic (exact) mass is 386 g/mol. The molecule has 0 aliphatic heterocycles. The minimum absolute atomic E-state index is 0.441. The van der Waals surface area contributed by atoms with Crippen LogP contribution in [0.2, 0.25) is 0 Å². The Morgan fingerprint density at radius 2 is 1.93 bits per heavy atom. The highest BCUT2D eigenvalue weighted by atomic mass is 19.3. The van der Waals surface area contributed by atoms with E-state index in [1.807, 2.05) is 6.07 Å². The number of alkyl halides is 2. The molecule has 0 unspecified atom stereocenters. The summed E-state index contributed by atoms with van der Waals surface area (Å²) in [5, 5.41) is 16.4. The quantitative estimate of drug-likeness (QED) is 0.725. The molecule has 2 aromatic carbocycles. The molecule has 2 atom stereocenters. The summed E-state index contributed by atoms with van der Waals surface area (Å²) in [7, 11) is 0. The molecule has 3 aromatic rings. The molecule has 1 amide bonds. The van der Waals surface area contributed by atoms with E-state index < -0.39 is 29.7 Å². The summed E-state index contributed by atoms with van der Waals surface area (Å²) in [4.78, 5) is 11.8. The van der Waals surface area contributed by atoms with Crippen LogP contribution in [0.3, 0.4) is 0 Å². The van der Waals surface area contributed by atoms with E-state index >= 15 is 0 Å². The summed E-state index contributed by atoms with van der Waals surface area (Å²) in [6.45, 7) is 2.10. The Morgan fingerprint density at radius 1 is 1.25 bits per heavy atom. The van der Waals surface area contributed by atoms with Crippen molar-refractivity contribution in [2.45, 2.75) is 31.9 Å². The van der Waals surface area contributed by atoms with E-state index in [1.54, 1.807) is 36.0 Å². The first-order valence-corrected chi connectivity index (χ1v) is 8.52. The highest BCUT2D eigenvalue weighted by Gasteiger charge is 2.35. The third-order valence-electron chi connectivity index (χ3n) is 4.43. The van der Waals surface area contributed by atoms with Gasteiger partial charge in [0.1, 0.15) is 5.82 Å². The van der Waals surface area contributed by atoms with Crippen LogP contribution in [0.4, 0.5) is 13.2 Å². The van der Waals surface area contributed by atoms with Gasteiger partial charge in [-0.15, -0.1) is 0 Å². The number of nitrogens with one attached hydrogen (secondary N) is 1. The Balaban J connectivity index is 2.08. The lowest BCUT2D eigenvalue weighted by atomic mass is 9.99. The molecule has 144 valence electrons. The minimum Gasteiger partial charge on any atom is -0.346 e. The molecular weight excluding hydrogens is 369 g/mol. The zero-order chi connectivity index (χ0) is 20.5. The molecule has 1 N–H and O–H groups in total. The summed E-state index contributed by atoms with van der Waals surface area (Å²) in [6.07, 6.45) is 1.55.